The van der Waals surface area contributed by atoms with Crippen LogP contribution in [-0.4, -0.2) is 162 Å². The largest absolute Gasteiger partial charge is 0.480 e. The number of likely N-dealkylation sites (N-methyl/N-ethyl adjacent to an activating group) is 2. The van der Waals surface area contributed by atoms with Crippen LogP contribution in [0.4, 0.5) is 4.39 Å². The molecule has 374 valence electrons. The lowest BCUT2D eigenvalue weighted by Crippen LogP contribution is -2.60. The minimum Gasteiger partial charge on any atom is -0.480 e. The number of nitrogens with zero attached hydrogens (tertiary/aromatic N) is 4. The van der Waals surface area contributed by atoms with E-state index >= 15 is 4.39 Å². The highest BCUT2D eigenvalue weighted by Gasteiger charge is 2.46. The van der Waals surface area contributed by atoms with Gasteiger partial charge in [-0.15, -0.1) is 0 Å². The van der Waals surface area contributed by atoms with Crippen molar-refractivity contribution in [3.63, 3.8) is 0 Å². The monoisotopic (exact) mass is 943 g/mol. The van der Waals surface area contributed by atoms with Crippen LogP contribution in [-0.2, 0) is 54.3 Å². The number of carbonyl (C=O) groups excluding carboxylic acids is 7. The molecule has 1 aromatic rings. The molecule has 3 N–H and O–H groups in total. The first-order valence-corrected chi connectivity index (χ1v) is 23.5. The number of rotatable bonds is 27. The highest BCUT2D eigenvalue weighted by molar-refractivity contribution is 6.12. The number of benzene rings is 1. The van der Waals surface area contributed by atoms with Crippen molar-refractivity contribution in [1.82, 2.24) is 30.2 Å². The fourth-order valence-electron chi connectivity index (χ4n) is 9.23. The summed E-state index contributed by atoms with van der Waals surface area (Å²) in [5.41, 5.74) is 0.712. The summed E-state index contributed by atoms with van der Waals surface area (Å²) in [4.78, 5) is 111. The van der Waals surface area contributed by atoms with Gasteiger partial charge in [0.2, 0.25) is 29.5 Å². The SMILES string of the molecule is CC[C@H](C)[C@@H]([C@@H](CC(=O)N1C[C@@H](F)C[C@H]1[C@H](OC)[C@@H](C)C(=O)N[C@@H](Cc1ccccc1)C(=O)O)OC)N(C)C(=O)[C@@H](NC(=O)[C@H](C(C)C)N(C)C(=O)CCCCCN1C(=O)C=CC1=O)C(C)C. The van der Waals surface area contributed by atoms with Crippen molar-refractivity contribution < 1.29 is 57.3 Å². The zero-order valence-electron chi connectivity index (χ0n) is 41.2. The number of hydrogen-bond donors (Lipinski definition) is 3. The maximum Gasteiger partial charge on any atom is 0.326 e. The van der Waals surface area contributed by atoms with E-state index in [9.17, 15) is 43.5 Å². The number of alkyl halides is 1. The van der Waals surface area contributed by atoms with E-state index in [4.69, 9.17) is 9.47 Å². The van der Waals surface area contributed by atoms with Crippen LogP contribution in [0.3, 0.4) is 0 Å². The molecular formula is C49H75FN6O11. The molecular weight excluding hydrogens is 868 g/mol. The number of likely N-dealkylation sites (tertiary alicyclic amines) is 1. The topological polar surface area (TPSA) is 212 Å². The molecule has 0 unspecified atom stereocenters. The number of aliphatic carboxylic acids is 1. The molecule has 7 amide bonds. The van der Waals surface area contributed by atoms with E-state index in [1.165, 1.54) is 41.1 Å². The van der Waals surface area contributed by atoms with Gasteiger partial charge in [-0.05, 0) is 36.2 Å². The second-order valence-electron chi connectivity index (χ2n) is 18.7. The number of hydrogen-bond acceptors (Lipinski definition) is 10. The molecule has 0 saturated carbocycles. The Morgan fingerprint density at radius 1 is 0.851 bits per heavy atom. The average Bonchev–Trinajstić information content (AvgIpc) is 3.83. The molecule has 2 aliphatic heterocycles. The van der Waals surface area contributed by atoms with Gasteiger partial charge in [-0.25, -0.2) is 9.18 Å². The van der Waals surface area contributed by atoms with Gasteiger partial charge in [0.25, 0.3) is 11.8 Å². The van der Waals surface area contributed by atoms with Crippen LogP contribution >= 0.6 is 0 Å². The zero-order valence-corrected chi connectivity index (χ0v) is 41.2. The number of amides is 7. The van der Waals surface area contributed by atoms with E-state index in [-0.39, 0.29) is 68.3 Å². The molecule has 1 saturated heterocycles. The summed E-state index contributed by atoms with van der Waals surface area (Å²) in [7, 11) is 5.94. The first-order chi connectivity index (χ1) is 31.6. The Morgan fingerprint density at radius 2 is 1.48 bits per heavy atom. The minimum absolute atomic E-state index is 0.0397. The van der Waals surface area contributed by atoms with Crippen LogP contribution in [0.15, 0.2) is 42.5 Å². The number of carboxylic acids is 1. The number of carboxylic acid groups (broad SMARTS) is 1. The first kappa shape index (κ1) is 56.1. The normalized spacial score (nSPS) is 19.7. The Morgan fingerprint density at radius 3 is 2.01 bits per heavy atom. The predicted octanol–water partition coefficient (Wildman–Crippen LogP) is 3.78. The Labute approximate surface area is 395 Å². The molecule has 3 rings (SSSR count). The summed E-state index contributed by atoms with van der Waals surface area (Å²) in [5, 5.41) is 15.4. The van der Waals surface area contributed by atoms with Gasteiger partial charge in [-0.2, -0.15) is 0 Å². The van der Waals surface area contributed by atoms with Gasteiger partial charge in [-0.3, -0.25) is 38.5 Å². The van der Waals surface area contributed by atoms with Gasteiger partial charge in [0.05, 0.1) is 43.2 Å². The molecule has 0 spiro atoms. The molecule has 1 aromatic carbocycles. The number of unbranched alkanes of at least 4 members (excludes halogenated alkanes) is 2. The average molecular weight is 943 g/mol. The van der Waals surface area contributed by atoms with Gasteiger partial charge in [0, 0.05) is 66.3 Å². The number of imide groups is 1. The summed E-state index contributed by atoms with van der Waals surface area (Å²) in [5.74, 6) is -6.15. The molecule has 67 heavy (non-hydrogen) atoms. The van der Waals surface area contributed by atoms with Gasteiger partial charge in [0.15, 0.2) is 0 Å². The Kier molecular flexibility index (Phi) is 22.1. The molecule has 10 atom stereocenters. The quantitative estimate of drug-likeness (QED) is 0.0854. The summed E-state index contributed by atoms with van der Waals surface area (Å²) >= 11 is 0. The van der Waals surface area contributed by atoms with E-state index in [0.717, 1.165) is 4.90 Å². The van der Waals surface area contributed by atoms with E-state index in [2.05, 4.69) is 10.6 Å². The molecule has 0 aliphatic carbocycles. The van der Waals surface area contributed by atoms with Crippen LogP contribution in [0, 0.1) is 23.7 Å². The fraction of sp³-hybridized carbons (Fsp3) is 0.673. The molecule has 17 nitrogen and oxygen atoms in total. The zero-order chi connectivity index (χ0) is 50.3. The van der Waals surface area contributed by atoms with E-state index < -0.39 is 90.0 Å². The van der Waals surface area contributed by atoms with Gasteiger partial charge in [-0.1, -0.05) is 91.6 Å². The molecule has 18 heteroatoms. The molecule has 0 radical (unpaired) electrons. The number of halogens is 1. The van der Waals surface area contributed by atoms with E-state index in [0.29, 0.717) is 31.2 Å². The standard InChI is InChI=1S/C49H75FN6O11/c1-12-31(6)44(54(9)48(63)42(29(2)3)52-47(62)43(30(4)5)53(8)38(57)21-17-14-18-24-55-39(58)22-23-40(55)59)37(66-10)27-41(60)56-28-34(50)26-36(56)45(67-11)32(7)46(61)51-35(49(64)65)25-33-19-15-13-16-20-33/h13,15-16,19-20,22-23,29-32,34-37,42-45H,12,14,17-18,21,24-28H2,1-11H3,(H,51,61)(H,52,62)(H,64,65)/t31-,32+,34-,35-,36-,37+,42-,43-,44-,45+/m0/s1. The van der Waals surface area contributed by atoms with Crippen molar-refractivity contribution >= 4 is 47.3 Å². The molecule has 2 heterocycles. The van der Waals surface area contributed by atoms with Crippen molar-refractivity contribution in [3.8, 4) is 0 Å². The third kappa shape index (κ3) is 15.1. The number of ether oxygens (including phenoxy) is 2. The van der Waals surface area contributed by atoms with Gasteiger partial charge < -0.3 is 39.9 Å². The fourth-order valence-corrected chi connectivity index (χ4v) is 9.23. The van der Waals surface area contributed by atoms with Gasteiger partial charge in [0.1, 0.15) is 24.3 Å². The predicted molar refractivity (Wildman–Crippen MR) is 249 cm³/mol. The smallest absolute Gasteiger partial charge is 0.326 e. The summed E-state index contributed by atoms with van der Waals surface area (Å²) in [6.45, 7) is 12.6. The maximum atomic E-state index is 15.3. The van der Waals surface area contributed by atoms with Crippen molar-refractivity contribution in [1.29, 1.82) is 0 Å². The van der Waals surface area contributed by atoms with Crippen molar-refractivity contribution in [3.05, 3.63) is 48.0 Å². The Hall–Kier alpha value is -5.23. The first-order valence-electron chi connectivity index (χ1n) is 23.5. The minimum atomic E-state index is -1.43. The Bertz CT molecular complexity index is 1880. The lowest BCUT2D eigenvalue weighted by atomic mass is 9.89. The lowest BCUT2D eigenvalue weighted by molar-refractivity contribution is -0.149. The van der Waals surface area contributed by atoms with E-state index in [1.54, 1.807) is 65.2 Å². The molecule has 1 fully saturated rings. The summed E-state index contributed by atoms with van der Waals surface area (Å²) < 4.78 is 27.1. The third-order valence-corrected chi connectivity index (χ3v) is 13.3. The maximum absolute atomic E-state index is 15.3. The second-order valence-corrected chi connectivity index (χ2v) is 18.7. The van der Waals surface area contributed by atoms with E-state index in [1.807, 2.05) is 27.7 Å². The van der Waals surface area contributed by atoms with Crippen molar-refractivity contribution in [2.75, 3.05) is 41.4 Å². The summed E-state index contributed by atoms with van der Waals surface area (Å²) in [6.07, 6.45) is 1.16. The van der Waals surface area contributed by atoms with Gasteiger partial charge >= 0.3 is 5.97 Å². The Balaban J connectivity index is 1.74. The number of methoxy groups -OCH3 is 2. The highest BCUT2D eigenvalue weighted by Crippen LogP contribution is 2.31. The highest BCUT2D eigenvalue weighted by atomic mass is 19.1. The molecule has 0 aromatic heterocycles. The van der Waals surface area contributed by atoms with Crippen LogP contribution in [0.1, 0.15) is 99.0 Å². The summed E-state index contributed by atoms with van der Waals surface area (Å²) in [6, 6.07) is 4.12. The van der Waals surface area contributed by atoms with Crippen LogP contribution < -0.4 is 10.6 Å². The van der Waals surface area contributed by atoms with Crippen molar-refractivity contribution in [2.24, 2.45) is 23.7 Å². The number of carbonyl (C=O) groups is 8. The molecule has 2 aliphatic rings. The molecule has 0 bridgehead atoms. The lowest BCUT2D eigenvalue weighted by Gasteiger charge is -2.41. The van der Waals surface area contributed by atoms with Crippen LogP contribution in [0.25, 0.3) is 0 Å². The number of nitrogens with one attached hydrogen (secondary N) is 2. The van der Waals surface area contributed by atoms with Crippen LogP contribution in [0.2, 0.25) is 0 Å². The van der Waals surface area contributed by atoms with Crippen LogP contribution in [0.5, 0.6) is 0 Å². The third-order valence-electron chi connectivity index (χ3n) is 13.3. The van der Waals surface area contributed by atoms with Crippen molar-refractivity contribution in [2.45, 2.75) is 148 Å². The second kappa shape index (κ2) is 26.3.